The first kappa shape index (κ1) is 17.1. The van der Waals surface area contributed by atoms with Crippen LogP contribution in [0.5, 0.6) is 0 Å². The zero-order valence-electron chi connectivity index (χ0n) is 9.55. The number of alkyl halides is 3. The first-order chi connectivity index (χ1) is 7.03. The fraction of sp³-hybridized carbons (Fsp3) is 0.600. The molecule has 16 heavy (non-hydrogen) atoms. The molecule has 94 valence electrons. The van der Waals surface area contributed by atoms with Gasteiger partial charge in [-0.05, 0) is 27.7 Å². The third-order valence-electron chi connectivity index (χ3n) is 1.81. The molecule has 0 fully saturated rings. The highest BCUT2D eigenvalue weighted by Gasteiger charge is 2.31. The van der Waals surface area contributed by atoms with Gasteiger partial charge in [-0.3, -0.25) is 4.79 Å². The number of halogens is 3. The number of hydrogen-bond acceptors (Lipinski definition) is 3. The Labute approximate surface area is 92.0 Å². The second-order valence-electron chi connectivity index (χ2n) is 3.24. The van der Waals surface area contributed by atoms with Gasteiger partial charge in [0.05, 0.1) is 17.3 Å². The normalized spacial score (nSPS) is 14.2. The van der Waals surface area contributed by atoms with Gasteiger partial charge in [-0.1, -0.05) is 0 Å². The van der Waals surface area contributed by atoms with E-state index in [0.29, 0.717) is 6.29 Å². The van der Waals surface area contributed by atoms with Gasteiger partial charge in [0.25, 0.3) is 0 Å². The Morgan fingerprint density at radius 2 is 1.62 bits per heavy atom. The summed E-state index contributed by atoms with van der Waals surface area (Å²) in [4.78, 5) is 19.9. The second-order valence-corrected chi connectivity index (χ2v) is 3.24. The maximum Gasteiger partial charge on any atom is 0.415 e. The standard InChI is InChI=1S/C5H7F3O.C5H8O2/c1-3(4(2)9)5(6,7)8;1-4(3-6)5(2)7/h9H,1-2H3;3-4H,1-2H3/b4-3-;/t;4-/m.0/s1. The van der Waals surface area contributed by atoms with Gasteiger partial charge < -0.3 is 9.90 Å². The zero-order valence-corrected chi connectivity index (χ0v) is 9.55. The molecule has 1 N–H and O–H groups in total. The lowest BCUT2D eigenvalue weighted by Gasteiger charge is -2.05. The van der Waals surface area contributed by atoms with E-state index in [1.54, 1.807) is 6.92 Å². The van der Waals surface area contributed by atoms with Crippen molar-refractivity contribution in [2.24, 2.45) is 5.92 Å². The zero-order chi connectivity index (χ0) is 13.5. The van der Waals surface area contributed by atoms with Gasteiger partial charge in [0, 0.05) is 0 Å². The molecule has 0 heterocycles. The van der Waals surface area contributed by atoms with Crippen molar-refractivity contribution in [3.8, 4) is 0 Å². The van der Waals surface area contributed by atoms with E-state index in [2.05, 4.69) is 0 Å². The number of Topliss-reactive ketones (excluding diaryl/α,β-unsaturated/α-hetero) is 1. The number of carbonyl (C=O) groups excluding carboxylic acids is 2. The molecule has 0 rings (SSSR count). The summed E-state index contributed by atoms with van der Waals surface area (Å²) >= 11 is 0. The van der Waals surface area contributed by atoms with Crippen molar-refractivity contribution in [2.75, 3.05) is 0 Å². The highest BCUT2D eigenvalue weighted by Crippen LogP contribution is 2.26. The quantitative estimate of drug-likeness (QED) is 0.458. The first-order valence-corrected chi connectivity index (χ1v) is 4.43. The van der Waals surface area contributed by atoms with Crippen molar-refractivity contribution in [1.29, 1.82) is 0 Å². The van der Waals surface area contributed by atoms with E-state index in [1.165, 1.54) is 6.92 Å². The first-order valence-electron chi connectivity index (χ1n) is 4.43. The molecule has 0 saturated carbocycles. The van der Waals surface area contributed by atoms with Crippen LogP contribution < -0.4 is 0 Å². The average molecular weight is 240 g/mol. The molecule has 6 heteroatoms. The number of carbonyl (C=O) groups is 2. The van der Waals surface area contributed by atoms with Crippen molar-refractivity contribution in [2.45, 2.75) is 33.9 Å². The molecule has 0 amide bonds. The summed E-state index contributed by atoms with van der Waals surface area (Å²) in [5.74, 6) is -1.17. The summed E-state index contributed by atoms with van der Waals surface area (Å²) in [6, 6.07) is 0. The Balaban J connectivity index is 0. The lowest BCUT2D eigenvalue weighted by atomic mass is 10.1. The van der Waals surface area contributed by atoms with E-state index >= 15 is 0 Å². The molecule has 0 aliphatic rings. The van der Waals surface area contributed by atoms with E-state index < -0.39 is 23.4 Å². The van der Waals surface area contributed by atoms with Crippen molar-refractivity contribution in [3.05, 3.63) is 11.3 Å². The van der Waals surface area contributed by atoms with E-state index in [4.69, 9.17) is 5.11 Å². The van der Waals surface area contributed by atoms with Gasteiger partial charge >= 0.3 is 6.18 Å². The molecule has 3 nitrogen and oxygen atoms in total. The molecule has 0 aromatic rings. The predicted molar refractivity (Wildman–Crippen MR) is 53.0 cm³/mol. The SMILES string of the molecule is C/C(O)=C(\C)C(F)(F)F.CC(=O)[C@@H](C)C=O. The second kappa shape index (κ2) is 7.03. The Bertz CT molecular complexity index is 276. The maximum atomic E-state index is 11.5. The van der Waals surface area contributed by atoms with Crippen LogP contribution in [-0.2, 0) is 9.59 Å². The maximum absolute atomic E-state index is 11.5. The molecule has 0 aromatic carbocycles. The summed E-state index contributed by atoms with van der Waals surface area (Å²) in [6.07, 6.45) is -3.75. The van der Waals surface area contributed by atoms with Crippen LogP contribution in [0.25, 0.3) is 0 Å². The number of hydrogen-bond donors (Lipinski definition) is 1. The molecular formula is C10H15F3O3. The average Bonchev–Trinajstić information content (AvgIpc) is 2.14. The molecule has 0 aliphatic heterocycles. The van der Waals surface area contributed by atoms with Crippen molar-refractivity contribution < 1.29 is 27.9 Å². The molecular weight excluding hydrogens is 225 g/mol. The topological polar surface area (TPSA) is 54.4 Å². The summed E-state index contributed by atoms with van der Waals surface area (Å²) in [6.45, 7) is 4.81. The number of aliphatic hydroxyl groups excluding tert-OH is 1. The smallest absolute Gasteiger partial charge is 0.415 e. The number of aliphatic hydroxyl groups is 1. The minimum absolute atomic E-state index is 0.0741. The van der Waals surface area contributed by atoms with Crippen molar-refractivity contribution >= 4 is 12.1 Å². The van der Waals surface area contributed by atoms with Crippen LogP contribution in [0.15, 0.2) is 11.3 Å². The van der Waals surface area contributed by atoms with Crippen LogP contribution in [-0.4, -0.2) is 23.4 Å². The van der Waals surface area contributed by atoms with Crippen LogP contribution in [0.3, 0.4) is 0 Å². The molecule has 0 aliphatic carbocycles. The fourth-order valence-electron chi connectivity index (χ4n) is 0.301. The fourth-order valence-corrected chi connectivity index (χ4v) is 0.301. The van der Waals surface area contributed by atoms with E-state index in [9.17, 15) is 22.8 Å². The van der Waals surface area contributed by atoms with E-state index in [0.717, 1.165) is 13.8 Å². The Morgan fingerprint density at radius 3 is 1.62 bits per heavy atom. The molecule has 0 unspecified atom stereocenters. The number of rotatable bonds is 2. The summed E-state index contributed by atoms with van der Waals surface area (Å²) < 4.78 is 34.4. The van der Waals surface area contributed by atoms with Crippen molar-refractivity contribution in [1.82, 2.24) is 0 Å². The van der Waals surface area contributed by atoms with Gasteiger partial charge in [0.2, 0.25) is 0 Å². The van der Waals surface area contributed by atoms with E-state index in [1.807, 2.05) is 0 Å². The number of allylic oxidation sites excluding steroid dienone is 2. The van der Waals surface area contributed by atoms with Gasteiger partial charge in [-0.25, -0.2) is 0 Å². The lowest BCUT2D eigenvalue weighted by molar-refractivity contribution is -0.125. The monoisotopic (exact) mass is 240 g/mol. The molecule has 0 bridgehead atoms. The molecule has 0 aromatic heterocycles. The predicted octanol–water partition coefficient (Wildman–Crippen LogP) is 2.81. The number of aldehydes is 1. The summed E-state index contributed by atoms with van der Waals surface area (Å²) in [7, 11) is 0. The van der Waals surface area contributed by atoms with Crippen LogP contribution in [0.4, 0.5) is 13.2 Å². The minimum atomic E-state index is -4.39. The molecule has 0 radical (unpaired) electrons. The minimum Gasteiger partial charge on any atom is -0.512 e. The van der Waals surface area contributed by atoms with Gasteiger partial charge in [-0.2, -0.15) is 13.2 Å². The Hall–Kier alpha value is -1.33. The molecule has 1 atom stereocenters. The third-order valence-corrected chi connectivity index (χ3v) is 1.81. The van der Waals surface area contributed by atoms with E-state index in [-0.39, 0.29) is 5.78 Å². The highest BCUT2D eigenvalue weighted by atomic mass is 19.4. The van der Waals surface area contributed by atoms with Crippen LogP contribution in [0, 0.1) is 5.92 Å². The van der Waals surface area contributed by atoms with Crippen LogP contribution >= 0.6 is 0 Å². The highest BCUT2D eigenvalue weighted by molar-refractivity contribution is 5.90. The number of ketones is 1. The third kappa shape index (κ3) is 8.02. The van der Waals surface area contributed by atoms with Crippen molar-refractivity contribution in [3.63, 3.8) is 0 Å². The summed E-state index contributed by atoms with van der Waals surface area (Å²) in [5.41, 5.74) is -0.942. The largest absolute Gasteiger partial charge is 0.512 e. The Morgan fingerprint density at radius 1 is 1.25 bits per heavy atom. The molecule has 0 spiro atoms. The Kier molecular flexibility index (Phi) is 7.50. The molecule has 0 saturated heterocycles. The van der Waals surface area contributed by atoms with Crippen LogP contribution in [0.2, 0.25) is 0 Å². The van der Waals surface area contributed by atoms with Crippen LogP contribution in [0.1, 0.15) is 27.7 Å². The van der Waals surface area contributed by atoms with Gasteiger partial charge in [0.1, 0.15) is 12.1 Å². The van der Waals surface area contributed by atoms with Gasteiger partial charge in [0.15, 0.2) is 0 Å². The summed E-state index contributed by atoms with van der Waals surface area (Å²) in [5, 5.41) is 8.32. The lowest BCUT2D eigenvalue weighted by Crippen LogP contribution is -2.10. The van der Waals surface area contributed by atoms with Gasteiger partial charge in [-0.15, -0.1) is 0 Å².